The van der Waals surface area contributed by atoms with Crippen LogP contribution in [-0.2, 0) is 13.0 Å². The number of hydrogen-bond acceptors (Lipinski definition) is 4. The molecule has 1 aliphatic heterocycles. The second-order valence-corrected chi connectivity index (χ2v) is 9.43. The van der Waals surface area contributed by atoms with Crippen LogP contribution in [0.25, 0.3) is 11.0 Å². The van der Waals surface area contributed by atoms with Gasteiger partial charge in [-0.2, -0.15) is 0 Å². The van der Waals surface area contributed by atoms with Gasteiger partial charge in [-0.15, -0.1) is 0 Å². The van der Waals surface area contributed by atoms with E-state index in [9.17, 15) is 5.11 Å². The first-order valence-electron chi connectivity index (χ1n) is 11.7. The minimum atomic E-state index is 0.154. The molecule has 1 aliphatic carbocycles. The van der Waals surface area contributed by atoms with Crippen LogP contribution in [-0.4, -0.2) is 45.3 Å². The highest BCUT2D eigenvalue weighted by Crippen LogP contribution is 2.36. The molecule has 0 atom stereocenters. The molecule has 1 saturated heterocycles. The molecule has 2 fully saturated rings. The number of aliphatic hydroxyl groups excluding tert-OH is 1. The Morgan fingerprint density at radius 3 is 2.45 bits per heavy atom. The Labute approximate surface area is 175 Å². The second-order valence-electron chi connectivity index (χ2n) is 9.43. The van der Waals surface area contributed by atoms with Gasteiger partial charge in [0.15, 0.2) is 0 Å². The molecule has 0 bridgehead atoms. The summed E-state index contributed by atoms with van der Waals surface area (Å²) in [5.41, 5.74) is 9.52. The SMILES string of the molecule is CC(C)C1CCC(N2CCC(n3c(CCO)c(CN)c4cccnc43)CC2)CC1. The standard InChI is InChI=1S/C24H38N4O/c1-17(2)18-5-7-19(8-6-18)27-13-9-20(10-14-27)28-23(11-15-29)22(16-25)21-4-3-12-26-24(21)28/h3-4,12,17-20,29H,5-11,13-16,25H2,1-2H3. The molecule has 2 aromatic heterocycles. The summed E-state index contributed by atoms with van der Waals surface area (Å²) < 4.78 is 2.42. The molecule has 29 heavy (non-hydrogen) atoms. The lowest BCUT2D eigenvalue weighted by molar-refractivity contribution is 0.0887. The van der Waals surface area contributed by atoms with Gasteiger partial charge in [-0.25, -0.2) is 4.98 Å². The first kappa shape index (κ1) is 20.8. The third kappa shape index (κ3) is 4.10. The smallest absolute Gasteiger partial charge is 0.140 e. The molecule has 0 spiro atoms. The monoisotopic (exact) mass is 398 g/mol. The molecular weight excluding hydrogens is 360 g/mol. The van der Waals surface area contributed by atoms with E-state index < -0.39 is 0 Å². The molecule has 4 rings (SSSR count). The summed E-state index contributed by atoms with van der Waals surface area (Å²) in [5, 5.41) is 10.8. The van der Waals surface area contributed by atoms with E-state index in [0.29, 0.717) is 19.0 Å². The Morgan fingerprint density at radius 2 is 1.83 bits per heavy atom. The van der Waals surface area contributed by atoms with Crippen LogP contribution in [0.2, 0.25) is 0 Å². The van der Waals surface area contributed by atoms with Crippen molar-refractivity contribution >= 4 is 11.0 Å². The Hall–Kier alpha value is -1.43. The number of hydrogen-bond donors (Lipinski definition) is 2. The first-order chi connectivity index (χ1) is 14.1. The molecule has 160 valence electrons. The maximum atomic E-state index is 9.68. The van der Waals surface area contributed by atoms with E-state index in [-0.39, 0.29) is 6.61 Å². The number of rotatable bonds is 6. The summed E-state index contributed by atoms with van der Waals surface area (Å²) in [6, 6.07) is 5.36. The zero-order chi connectivity index (χ0) is 20.4. The quantitative estimate of drug-likeness (QED) is 0.775. The van der Waals surface area contributed by atoms with E-state index in [2.05, 4.69) is 29.4 Å². The summed E-state index contributed by atoms with van der Waals surface area (Å²) in [6.07, 6.45) is 10.4. The molecule has 0 amide bonds. The van der Waals surface area contributed by atoms with Crippen LogP contribution in [0, 0.1) is 11.8 Å². The zero-order valence-electron chi connectivity index (χ0n) is 18.2. The molecule has 0 unspecified atom stereocenters. The maximum absolute atomic E-state index is 9.68. The van der Waals surface area contributed by atoms with Crippen LogP contribution < -0.4 is 5.73 Å². The number of pyridine rings is 1. The van der Waals surface area contributed by atoms with Crippen molar-refractivity contribution in [2.24, 2.45) is 17.6 Å². The maximum Gasteiger partial charge on any atom is 0.140 e. The van der Waals surface area contributed by atoms with Crippen molar-refractivity contribution in [2.75, 3.05) is 19.7 Å². The van der Waals surface area contributed by atoms with E-state index in [1.54, 1.807) is 0 Å². The summed E-state index contributed by atoms with van der Waals surface area (Å²) in [5.74, 6) is 1.76. The largest absolute Gasteiger partial charge is 0.396 e. The highest BCUT2D eigenvalue weighted by atomic mass is 16.3. The van der Waals surface area contributed by atoms with Gasteiger partial charge in [0.1, 0.15) is 5.65 Å². The number of aliphatic hydroxyl groups is 1. The lowest BCUT2D eigenvalue weighted by Crippen LogP contribution is -2.44. The fraction of sp³-hybridized carbons (Fsp3) is 0.708. The van der Waals surface area contributed by atoms with Crippen LogP contribution in [0.4, 0.5) is 0 Å². The van der Waals surface area contributed by atoms with Gasteiger partial charge in [-0.05, 0) is 68.1 Å². The average Bonchev–Trinajstić information content (AvgIpc) is 3.07. The van der Waals surface area contributed by atoms with E-state index in [1.807, 2.05) is 12.3 Å². The number of nitrogens with zero attached hydrogens (tertiary/aromatic N) is 3. The summed E-state index contributed by atoms with van der Waals surface area (Å²) in [7, 11) is 0. The van der Waals surface area contributed by atoms with Crippen molar-refractivity contribution in [3.05, 3.63) is 29.6 Å². The van der Waals surface area contributed by atoms with Crippen LogP contribution in [0.1, 0.15) is 69.7 Å². The molecule has 5 nitrogen and oxygen atoms in total. The molecule has 3 heterocycles. The normalized spacial score (nSPS) is 24.6. The Morgan fingerprint density at radius 1 is 1.10 bits per heavy atom. The Bertz CT molecular complexity index is 799. The van der Waals surface area contributed by atoms with Gasteiger partial charge >= 0.3 is 0 Å². The number of fused-ring (bicyclic) bond motifs is 1. The van der Waals surface area contributed by atoms with E-state index in [4.69, 9.17) is 10.7 Å². The van der Waals surface area contributed by atoms with Gasteiger partial charge in [0, 0.05) is 62.0 Å². The van der Waals surface area contributed by atoms with Gasteiger partial charge in [0.25, 0.3) is 0 Å². The van der Waals surface area contributed by atoms with E-state index >= 15 is 0 Å². The fourth-order valence-corrected chi connectivity index (χ4v) is 5.89. The summed E-state index contributed by atoms with van der Waals surface area (Å²) in [6.45, 7) is 7.76. The number of likely N-dealkylation sites (tertiary alicyclic amines) is 1. The van der Waals surface area contributed by atoms with Crippen LogP contribution >= 0.6 is 0 Å². The van der Waals surface area contributed by atoms with Gasteiger partial charge in [-0.3, -0.25) is 0 Å². The molecule has 2 aromatic rings. The van der Waals surface area contributed by atoms with E-state index in [0.717, 1.165) is 47.3 Å². The number of aromatic nitrogens is 2. The van der Waals surface area contributed by atoms with Crippen molar-refractivity contribution in [3.63, 3.8) is 0 Å². The van der Waals surface area contributed by atoms with Crippen LogP contribution in [0.3, 0.4) is 0 Å². The lowest BCUT2D eigenvalue weighted by Gasteiger charge is -2.42. The molecule has 2 aliphatic rings. The minimum Gasteiger partial charge on any atom is -0.396 e. The van der Waals surface area contributed by atoms with Crippen LogP contribution in [0.15, 0.2) is 18.3 Å². The molecule has 3 N–H and O–H groups in total. The van der Waals surface area contributed by atoms with Gasteiger partial charge < -0.3 is 20.3 Å². The third-order valence-corrected chi connectivity index (χ3v) is 7.60. The first-order valence-corrected chi connectivity index (χ1v) is 11.7. The Kier molecular flexibility index (Phi) is 6.57. The highest BCUT2D eigenvalue weighted by Gasteiger charge is 2.31. The zero-order valence-corrected chi connectivity index (χ0v) is 18.2. The number of nitrogens with two attached hydrogens (primary N) is 1. The van der Waals surface area contributed by atoms with Crippen molar-refractivity contribution in [1.29, 1.82) is 0 Å². The van der Waals surface area contributed by atoms with Crippen molar-refractivity contribution < 1.29 is 5.11 Å². The predicted octanol–water partition coefficient (Wildman–Crippen LogP) is 3.88. The van der Waals surface area contributed by atoms with Crippen molar-refractivity contribution in [2.45, 2.75) is 77.4 Å². The topological polar surface area (TPSA) is 67.3 Å². The average molecular weight is 399 g/mol. The van der Waals surface area contributed by atoms with Gasteiger partial charge in [-0.1, -0.05) is 13.8 Å². The minimum absolute atomic E-state index is 0.154. The van der Waals surface area contributed by atoms with Crippen LogP contribution in [0.5, 0.6) is 0 Å². The molecule has 0 aromatic carbocycles. The molecule has 1 saturated carbocycles. The van der Waals surface area contributed by atoms with Crippen molar-refractivity contribution in [3.8, 4) is 0 Å². The summed E-state index contributed by atoms with van der Waals surface area (Å²) in [4.78, 5) is 7.47. The predicted molar refractivity (Wildman–Crippen MR) is 119 cm³/mol. The Balaban J connectivity index is 1.49. The third-order valence-electron chi connectivity index (χ3n) is 7.60. The second kappa shape index (κ2) is 9.15. The van der Waals surface area contributed by atoms with E-state index in [1.165, 1.54) is 44.5 Å². The van der Waals surface area contributed by atoms with Gasteiger partial charge in [0.05, 0.1) is 0 Å². The molecule has 5 heteroatoms. The van der Waals surface area contributed by atoms with Crippen molar-refractivity contribution in [1.82, 2.24) is 14.5 Å². The highest BCUT2D eigenvalue weighted by molar-refractivity contribution is 5.82. The fourth-order valence-electron chi connectivity index (χ4n) is 5.89. The lowest BCUT2D eigenvalue weighted by atomic mass is 9.79. The van der Waals surface area contributed by atoms with Gasteiger partial charge in [0.2, 0.25) is 0 Å². The molecular formula is C24H38N4O. The molecule has 0 radical (unpaired) electrons. The number of piperidine rings is 1. The summed E-state index contributed by atoms with van der Waals surface area (Å²) >= 11 is 0.